The number of rotatable bonds is 21. The lowest BCUT2D eigenvalue weighted by atomic mass is 10.2. The highest BCUT2D eigenvalue weighted by Gasteiger charge is 2.40. The van der Waals surface area contributed by atoms with Crippen LogP contribution < -0.4 is 0 Å². The summed E-state index contributed by atoms with van der Waals surface area (Å²) in [7, 11) is -25.3. The standard InChI is InChI=1S/C49H83N6O17P3S3/c1-10-67-73(56,68-11-2)50-28-30-51(74(57,69-12-3)70-13-4)36-40-65-42-38-54(77(61,62)48-24-18-45(8)19-25-48)34-32-53(76(59,60)47-22-16-44(7)17-23-47)33-35-55(78(63,64)49-26-20-46(9)21-27-49)39-43-66-41-37-52(31-29-50)75(58,71-14-5)72-15-6/h16-27H,10-15,28-43H2,1-9H3. The normalized spacial score (nSPS) is 18.4. The van der Waals surface area contributed by atoms with Gasteiger partial charge in [-0.15, -0.1) is 0 Å². The fourth-order valence-electron chi connectivity index (χ4n) is 8.07. The van der Waals surface area contributed by atoms with E-state index < -0.39 is 66.4 Å². The van der Waals surface area contributed by atoms with Gasteiger partial charge in [-0.2, -0.15) is 12.9 Å². The monoisotopic (exact) mass is 1220 g/mol. The second-order valence-electron chi connectivity index (χ2n) is 17.6. The molecule has 0 radical (unpaired) electrons. The van der Waals surface area contributed by atoms with Gasteiger partial charge in [0.2, 0.25) is 30.1 Å². The molecule has 0 atom stereocenters. The fraction of sp³-hybridized carbons (Fsp3) is 0.633. The van der Waals surface area contributed by atoms with Crippen LogP contribution in [0.1, 0.15) is 58.2 Å². The molecule has 0 bridgehead atoms. The summed E-state index contributed by atoms with van der Waals surface area (Å²) >= 11 is 0. The summed E-state index contributed by atoms with van der Waals surface area (Å²) in [5, 5.41) is 0. The van der Waals surface area contributed by atoms with Gasteiger partial charge in [0.05, 0.1) is 80.8 Å². The Balaban J connectivity index is 1.87. The van der Waals surface area contributed by atoms with Crippen molar-refractivity contribution in [1.82, 2.24) is 26.9 Å². The van der Waals surface area contributed by atoms with E-state index in [0.29, 0.717) is 0 Å². The molecule has 0 spiro atoms. The highest BCUT2D eigenvalue weighted by atomic mass is 32.2. The summed E-state index contributed by atoms with van der Waals surface area (Å²) in [5.41, 5.74) is 2.42. The lowest BCUT2D eigenvalue weighted by molar-refractivity contribution is 0.0890. The first-order valence-electron chi connectivity index (χ1n) is 26.3. The molecule has 1 fully saturated rings. The Labute approximate surface area is 464 Å². The summed E-state index contributed by atoms with van der Waals surface area (Å²) in [6.45, 7) is 11.8. The average molecular weight is 1220 g/mol. The van der Waals surface area contributed by atoms with Crippen LogP contribution in [-0.4, -0.2) is 197 Å². The minimum absolute atomic E-state index is 0.00101. The summed E-state index contributed by atoms with van der Waals surface area (Å²) in [6.07, 6.45) is 0. The van der Waals surface area contributed by atoms with Crippen LogP contribution in [0.4, 0.5) is 0 Å². The minimum Gasteiger partial charge on any atom is -0.379 e. The van der Waals surface area contributed by atoms with Crippen LogP contribution in [0.3, 0.4) is 0 Å². The lowest BCUT2D eigenvalue weighted by Crippen LogP contribution is -2.46. The van der Waals surface area contributed by atoms with E-state index in [2.05, 4.69) is 0 Å². The van der Waals surface area contributed by atoms with Crippen molar-refractivity contribution in [2.24, 2.45) is 0 Å². The predicted octanol–water partition coefficient (Wildman–Crippen LogP) is 7.48. The Morgan fingerprint density at radius 2 is 0.551 bits per heavy atom. The molecule has 1 aliphatic heterocycles. The molecule has 444 valence electrons. The molecule has 0 N–H and O–H groups in total. The van der Waals surface area contributed by atoms with Gasteiger partial charge < -0.3 is 9.47 Å². The third-order valence-corrected chi connectivity index (χ3v) is 24.7. The number of ether oxygens (including phenoxy) is 2. The number of hydrogen-bond donors (Lipinski definition) is 0. The van der Waals surface area contributed by atoms with Crippen molar-refractivity contribution in [2.45, 2.75) is 77.0 Å². The SMILES string of the molecule is CCOP(=O)(OCC)N1CCOCCN(S(=O)(=O)c2ccc(C)cc2)CCN(S(=O)(=O)c2ccc(C)cc2)CCN(S(=O)(=O)c2ccc(C)cc2)CCOCCN(P(=O)(OCC)OCC)CCN(P(=O)(OCC)OCC)CC1. The van der Waals surface area contributed by atoms with Crippen molar-refractivity contribution in [3.63, 3.8) is 0 Å². The summed E-state index contributed by atoms with van der Waals surface area (Å²) in [4.78, 5) is -0.182. The Hall–Kier alpha value is -2.36. The zero-order chi connectivity index (χ0) is 57.6. The maximum atomic E-state index is 14.7. The predicted molar refractivity (Wildman–Crippen MR) is 299 cm³/mol. The van der Waals surface area contributed by atoms with Crippen molar-refractivity contribution < 1.29 is 75.6 Å². The van der Waals surface area contributed by atoms with E-state index in [1.54, 1.807) is 84.9 Å². The molecule has 1 saturated heterocycles. The van der Waals surface area contributed by atoms with Crippen LogP contribution in [-0.2, 0) is 80.4 Å². The van der Waals surface area contributed by atoms with Crippen LogP contribution in [0, 0.1) is 20.8 Å². The molecule has 0 aromatic heterocycles. The van der Waals surface area contributed by atoms with Gasteiger partial charge in [0, 0.05) is 78.5 Å². The van der Waals surface area contributed by atoms with Gasteiger partial charge in [-0.05, 0) is 98.7 Å². The maximum Gasteiger partial charge on any atom is 0.408 e. The van der Waals surface area contributed by atoms with Gasteiger partial charge in [-0.3, -0.25) is 27.1 Å². The average Bonchev–Trinajstić information content (AvgIpc) is 3.39. The smallest absolute Gasteiger partial charge is 0.379 e. The highest BCUT2D eigenvalue weighted by molar-refractivity contribution is 7.89. The van der Waals surface area contributed by atoms with Gasteiger partial charge >= 0.3 is 23.2 Å². The molecular weight excluding hydrogens is 1130 g/mol. The van der Waals surface area contributed by atoms with Gasteiger partial charge in [-0.1, -0.05) is 53.1 Å². The van der Waals surface area contributed by atoms with Crippen LogP contribution in [0.2, 0.25) is 0 Å². The molecule has 3 aromatic rings. The van der Waals surface area contributed by atoms with Crippen LogP contribution in [0.5, 0.6) is 0 Å². The molecule has 3 aromatic carbocycles. The highest BCUT2D eigenvalue weighted by Crippen LogP contribution is 2.55. The Morgan fingerprint density at radius 1 is 0.346 bits per heavy atom. The van der Waals surface area contributed by atoms with E-state index >= 15 is 0 Å². The van der Waals surface area contributed by atoms with Crippen molar-refractivity contribution in [2.75, 3.05) is 145 Å². The second kappa shape index (κ2) is 32.5. The van der Waals surface area contributed by atoms with Gasteiger partial charge in [0.1, 0.15) is 0 Å². The minimum atomic E-state index is -4.41. The number of benzene rings is 3. The van der Waals surface area contributed by atoms with E-state index in [-0.39, 0.29) is 146 Å². The zero-order valence-electron chi connectivity index (χ0n) is 46.7. The molecule has 0 amide bonds. The fourth-order valence-corrected chi connectivity index (χ4v) is 17.5. The van der Waals surface area contributed by atoms with Gasteiger partial charge in [0.15, 0.2) is 0 Å². The Kier molecular flexibility index (Phi) is 28.4. The first kappa shape index (κ1) is 68.1. The zero-order valence-corrected chi connectivity index (χ0v) is 51.8. The number of sulfonamides is 3. The number of aryl methyl sites for hydroxylation is 3. The summed E-state index contributed by atoms with van der Waals surface area (Å²) < 4.78 is 186. The van der Waals surface area contributed by atoms with Crippen LogP contribution in [0.15, 0.2) is 87.5 Å². The molecule has 4 rings (SSSR count). The largest absolute Gasteiger partial charge is 0.408 e. The van der Waals surface area contributed by atoms with Crippen molar-refractivity contribution in [3.8, 4) is 0 Å². The second-order valence-corrected chi connectivity index (χ2v) is 29.5. The lowest BCUT2D eigenvalue weighted by Gasteiger charge is -2.36. The van der Waals surface area contributed by atoms with E-state index in [4.69, 9.17) is 36.6 Å². The van der Waals surface area contributed by atoms with E-state index in [9.17, 15) is 38.9 Å². The Morgan fingerprint density at radius 3 is 0.782 bits per heavy atom. The molecule has 1 heterocycles. The van der Waals surface area contributed by atoms with Gasteiger partial charge in [0.25, 0.3) is 0 Å². The van der Waals surface area contributed by atoms with Crippen molar-refractivity contribution in [3.05, 3.63) is 89.5 Å². The molecule has 0 unspecified atom stereocenters. The van der Waals surface area contributed by atoms with E-state index in [1.165, 1.54) is 50.4 Å². The first-order valence-corrected chi connectivity index (χ1v) is 35.1. The quantitative estimate of drug-likeness (QED) is 0.0938. The topological polar surface area (TPSA) is 247 Å². The van der Waals surface area contributed by atoms with Crippen LogP contribution in [0.25, 0.3) is 0 Å². The number of hydrogen-bond acceptors (Lipinski definition) is 17. The van der Waals surface area contributed by atoms with E-state index in [0.717, 1.165) is 29.6 Å². The molecule has 78 heavy (non-hydrogen) atoms. The summed E-state index contributed by atoms with van der Waals surface area (Å²) in [5.74, 6) is 0. The third kappa shape index (κ3) is 19.4. The molecule has 23 nitrogen and oxygen atoms in total. The van der Waals surface area contributed by atoms with Crippen LogP contribution >= 0.6 is 23.2 Å². The first-order chi connectivity index (χ1) is 37.0. The molecule has 29 heteroatoms. The number of nitrogens with zero attached hydrogens (tertiary/aromatic N) is 6. The van der Waals surface area contributed by atoms with Gasteiger partial charge in [-0.25, -0.2) is 53.0 Å². The van der Waals surface area contributed by atoms with Crippen molar-refractivity contribution >= 4 is 53.3 Å². The maximum absolute atomic E-state index is 14.7. The molecule has 0 saturated carbocycles. The summed E-state index contributed by atoms with van der Waals surface area (Å²) in [6, 6.07) is 18.6. The molecular formula is C49H83N6O17P3S3. The molecule has 0 aliphatic carbocycles. The third-order valence-electron chi connectivity index (χ3n) is 12.2. The Bertz CT molecular complexity index is 2600. The van der Waals surface area contributed by atoms with E-state index in [1.807, 2.05) is 13.8 Å². The molecule has 1 aliphatic rings. The van der Waals surface area contributed by atoms with Crippen molar-refractivity contribution in [1.29, 1.82) is 0 Å².